The molecule has 464 valence electrons. The highest BCUT2D eigenvalue weighted by molar-refractivity contribution is 7.09. The number of hydrogen-bond donors (Lipinski definition) is 9. The Labute approximate surface area is 495 Å². The van der Waals surface area contributed by atoms with E-state index in [1.165, 1.54) is 24.5 Å². The molecule has 0 saturated carbocycles. The van der Waals surface area contributed by atoms with Crippen molar-refractivity contribution in [2.45, 2.75) is 174 Å². The monoisotopic (exact) mass is 1190 g/mol. The minimum atomic E-state index is -1.13. The lowest BCUT2D eigenvalue weighted by Gasteiger charge is -2.38. The summed E-state index contributed by atoms with van der Waals surface area (Å²) in [5, 5.41) is 28.3. The first-order chi connectivity index (χ1) is 39.7. The van der Waals surface area contributed by atoms with E-state index in [-0.39, 0.29) is 110 Å². The van der Waals surface area contributed by atoms with Crippen LogP contribution >= 0.6 is 11.3 Å². The highest BCUT2D eigenvalue weighted by atomic mass is 32.1. The Hall–Kier alpha value is -7.48. The van der Waals surface area contributed by atoms with Crippen LogP contribution in [-0.4, -0.2) is 160 Å². The van der Waals surface area contributed by atoms with Crippen molar-refractivity contribution in [3.8, 4) is 0 Å². The zero-order valence-electron chi connectivity index (χ0n) is 49.9. The van der Waals surface area contributed by atoms with E-state index in [4.69, 9.17) is 16.2 Å². The minimum Gasteiger partial charge on any atom is -0.481 e. The average molecular weight is 1190 g/mol. The third kappa shape index (κ3) is 21.6. The van der Waals surface area contributed by atoms with E-state index in [0.29, 0.717) is 43.4 Å². The third-order valence-electron chi connectivity index (χ3n) is 15.4. The number of hydrogen-bond acceptors (Lipinski definition) is 15. The molecule has 0 radical (unpaired) electrons. The number of likely N-dealkylation sites (N-methyl/N-ethyl adjacent to an activating group) is 2. The fourth-order valence-corrected chi connectivity index (χ4v) is 11.0. The van der Waals surface area contributed by atoms with Gasteiger partial charge in [-0.05, 0) is 100 Å². The number of nitrogens with zero attached hydrogens (tertiary/aromatic N) is 4. The second kappa shape index (κ2) is 33.7. The first-order valence-electron chi connectivity index (χ1n) is 29.0. The number of anilines is 1. The normalized spacial score (nSPS) is 17.2. The van der Waals surface area contributed by atoms with E-state index >= 15 is 0 Å². The molecule has 84 heavy (non-hydrogen) atoms. The van der Waals surface area contributed by atoms with Gasteiger partial charge in [-0.25, -0.2) is 14.6 Å². The number of aromatic nitrogens is 1. The van der Waals surface area contributed by atoms with Crippen LogP contribution in [0.3, 0.4) is 0 Å². The summed E-state index contributed by atoms with van der Waals surface area (Å²) in [5.74, 6) is -6.23. The van der Waals surface area contributed by atoms with Gasteiger partial charge in [-0.1, -0.05) is 79.9 Å². The van der Waals surface area contributed by atoms with Crippen molar-refractivity contribution in [2.75, 3.05) is 39.0 Å². The van der Waals surface area contributed by atoms with Crippen LogP contribution in [0.1, 0.15) is 153 Å². The molecule has 0 spiro atoms. The predicted molar refractivity (Wildman–Crippen MR) is 314 cm³/mol. The smallest absolute Gasteiger partial charge is 0.405 e. The van der Waals surface area contributed by atoms with Crippen LogP contribution < -0.4 is 43.4 Å². The van der Waals surface area contributed by atoms with Crippen molar-refractivity contribution in [1.82, 2.24) is 46.3 Å². The quantitative estimate of drug-likeness (QED) is 0.0352. The Bertz CT molecular complexity index is 2630. The van der Waals surface area contributed by atoms with Gasteiger partial charge in [-0.3, -0.25) is 53.0 Å². The molecule has 2 aliphatic rings. The van der Waals surface area contributed by atoms with Crippen LogP contribution in [0.5, 0.6) is 0 Å². The molecule has 9 atom stereocenters. The number of primary amides is 2. The number of rotatable bonds is 34. The van der Waals surface area contributed by atoms with Crippen molar-refractivity contribution in [3.05, 3.63) is 58.1 Å². The minimum absolute atomic E-state index is 0.0168. The molecule has 1 aromatic carbocycles. The second-order valence-corrected chi connectivity index (χ2v) is 23.5. The van der Waals surface area contributed by atoms with Crippen molar-refractivity contribution >= 4 is 82.4 Å². The number of amides is 11. The molecule has 25 nitrogen and oxygen atoms in total. The Balaban J connectivity index is 1.44. The molecule has 11 amide bonds. The predicted octanol–water partition coefficient (Wildman–Crippen LogP) is 4.12. The van der Waals surface area contributed by atoms with E-state index in [1.54, 1.807) is 50.1 Å². The molecule has 3 heterocycles. The topological polar surface area (TPSA) is 364 Å². The van der Waals surface area contributed by atoms with Crippen molar-refractivity contribution < 1.29 is 62.6 Å². The molecule has 0 unspecified atom stereocenters. The summed E-state index contributed by atoms with van der Waals surface area (Å²) in [5.41, 5.74) is 11.8. The molecule has 11 N–H and O–H groups in total. The van der Waals surface area contributed by atoms with Gasteiger partial charge in [0.15, 0.2) is 6.10 Å². The van der Waals surface area contributed by atoms with Gasteiger partial charge in [0.05, 0.1) is 12.0 Å². The zero-order valence-corrected chi connectivity index (χ0v) is 50.7. The van der Waals surface area contributed by atoms with Crippen LogP contribution in [0.25, 0.3) is 0 Å². The Morgan fingerprint density at radius 3 is 2.11 bits per heavy atom. The van der Waals surface area contributed by atoms with Gasteiger partial charge < -0.3 is 58.1 Å². The number of carboxylic acids is 1. The SMILES string of the molecule is CC[C@H](C)[C@H](NC(=O)[C@H]1CCCCN1C)C(=O)N(C)[C@H](C[C@@H](OC(N)=O)c1nc(C(=O)N[C@@H](Cc2ccc(NC(=O)[C@H](CCCNC(N)=O)NC(=O)[C@@H](NC(=O)CCCCCN3C(=O)C=CC3=O)C(C)C)cc2)C[C@H](C)C(=O)O)cs1)C(C)C. The number of nitrogens with one attached hydrogen (secondary N) is 6. The number of thiazole rings is 1. The fraction of sp³-hybridized carbons (Fsp3) is 0.621. The van der Waals surface area contributed by atoms with Crippen LogP contribution in [-0.2, 0) is 49.5 Å². The maximum absolute atomic E-state index is 14.4. The van der Waals surface area contributed by atoms with Gasteiger partial charge in [0.2, 0.25) is 29.5 Å². The average Bonchev–Trinajstić information content (AvgIpc) is 3.92. The molecule has 26 heteroatoms. The molecule has 2 aromatic rings. The first-order valence-corrected chi connectivity index (χ1v) is 29.9. The maximum Gasteiger partial charge on any atom is 0.405 e. The third-order valence-corrected chi connectivity index (χ3v) is 16.3. The number of ether oxygens (including phenoxy) is 1. The molecule has 0 aliphatic carbocycles. The van der Waals surface area contributed by atoms with E-state index < -0.39 is 84.0 Å². The molecular weight excluding hydrogens is 1100 g/mol. The number of carboxylic acid groups (broad SMARTS) is 1. The van der Waals surface area contributed by atoms with E-state index in [0.717, 1.165) is 35.6 Å². The molecule has 1 aromatic heterocycles. The zero-order chi connectivity index (χ0) is 62.4. The van der Waals surface area contributed by atoms with Gasteiger partial charge in [0.1, 0.15) is 28.8 Å². The number of unbranched alkanes of at least 4 members (excludes halogenated alkanes) is 2. The first kappa shape index (κ1) is 69.0. The van der Waals surface area contributed by atoms with Crippen molar-refractivity contribution in [2.24, 2.45) is 35.1 Å². The molecule has 0 bridgehead atoms. The number of carbonyl (C=O) groups excluding carboxylic acids is 10. The molecule has 4 rings (SSSR count). The Morgan fingerprint density at radius 2 is 1.51 bits per heavy atom. The number of benzene rings is 1. The van der Waals surface area contributed by atoms with Crippen LogP contribution in [0, 0.1) is 23.7 Å². The summed E-state index contributed by atoms with van der Waals surface area (Å²) in [7, 11) is 3.55. The highest BCUT2D eigenvalue weighted by Gasteiger charge is 2.38. The standard InChI is InChI=1S/C58H88N12O13S/c1-10-35(6)49(67-52(76)42-18-13-15-27-68(42)8)55(78)69(9)43(33(2)3)31-44(83-58(60)82)54-65-41(32-84-54)51(75)63-39(29-36(7)56(79)80)30-37-20-22-38(23-21-37)62-50(74)40(17-16-26-61-57(59)81)64-53(77)48(34(4)5)66-45(71)19-12-11-14-28-70-46(72)24-25-47(70)73/h20-25,32-36,39-40,42-44,48-49H,10-19,26-31H2,1-9H3,(H2,60,82)(H,62,74)(H,63,75)(H,64,77)(H,66,71)(H,67,76)(H,79,80)(H3,59,61,81)/t35-,36-,39+,40-,42+,43+,44+,48-,49-/m0/s1. The number of piperidine rings is 1. The van der Waals surface area contributed by atoms with Crippen LogP contribution in [0.4, 0.5) is 15.3 Å². The van der Waals surface area contributed by atoms with Crippen LogP contribution in [0.15, 0.2) is 41.8 Å². The number of imide groups is 1. The van der Waals surface area contributed by atoms with Gasteiger partial charge in [0, 0.05) is 68.3 Å². The number of aliphatic carboxylic acids is 1. The van der Waals surface area contributed by atoms with Gasteiger partial charge >= 0.3 is 18.1 Å². The van der Waals surface area contributed by atoms with Gasteiger partial charge in [-0.15, -0.1) is 11.3 Å². The number of urea groups is 1. The Morgan fingerprint density at radius 1 is 0.833 bits per heavy atom. The number of likely N-dealkylation sites (tertiary alicyclic amines) is 1. The number of carbonyl (C=O) groups is 11. The highest BCUT2D eigenvalue weighted by Crippen LogP contribution is 2.31. The lowest BCUT2D eigenvalue weighted by molar-refractivity contribution is -0.142. The van der Waals surface area contributed by atoms with Crippen LogP contribution in [0.2, 0.25) is 0 Å². The van der Waals surface area contributed by atoms with E-state index in [1.807, 2.05) is 39.6 Å². The molecule has 2 aliphatic heterocycles. The Kier molecular flexibility index (Phi) is 27.7. The maximum atomic E-state index is 14.4. The summed E-state index contributed by atoms with van der Waals surface area (Å²) >= 11 is 1.04. The lowest BCUT2D eigenvalue weighted by atomic mass is 9.92. The number of nitrogens with two attached hydrogens (primary N) is 2. The fourth-order valence-electron chi connectivity index (χ4n) is 10.1. The summed E-state index contributed by atoms with van der Waals surface area (Å²) in [6.07, 6.45) is 5.57. The van der Waals surface area contributed by atoms with Crippen molar-refractivity contribution in [1.29, 1.82) is 0 Å². The summed E-state index contributed by atoms with van der Waals surface area (Å²) < 4.78 is 5.60. The molecule has 1 saturated heterocycles. The van der Waals surface area contributed by atoms with E-state index in [9.17, 15) is 57.8 Å². The molecule has 1 fully saturated rings. The summed E-state index contributed by atoms with van der Waals surface area (Å²) in [6.45, 7) is 13.8. The van der Waals surface area contributed by atoms with Crippen molar-refractivity contribution in [3.63, 3.8) is 0 Å². The largest absolute Gasteiger partial charge is 0.481 e. The molecular formula is C58H88N12O13S. The summed E-state index contributed by atoms with van der Waals surface area (Å²) in [4.78, 5) is 151. The van der Waals surface area contributed by atoms with E-state index in [2.05, 4.69) is 36.9 Å². The summed E-state index contributed by atoms with van der Waals surface area (Å²) in [6, 6.07) is 1.22. The lowest BCUT2D eigenvalue weighted by Crippen LogP contribution is -2.58. The van der Waals surface area contributed by atoms with Gasteiger partial charge in [-0.2, -0.15) is 0 Å². The second-order valence-electron chi connectivity index (χ2n) is 22.6. The van der Waals surface area contributed by atoms with Gasteiger partial charge in [0.25, 0.3) is 17.7 Å².